The van der Waals surface area contributed by atoms with Gasteiger partial charge in [-0.05, 0) is 25.0 Å². The number of nitro groups is 1. The summed E-state index contributed by atoms with van der Waals surface area (Å²) < 4.78 is 0. The number of likely N-dealkylation sites (tertiary alicyclic amines) is 1. The number of non-ortho nitro benzene ring substituents is 1. The molecule has 0 aliphatic carbocycles. The van der Waals surface area contributed by atoms with Crippen LogP contribution in [0.1, 0.15) is 19.8 Å². The van der Waals surface area contributed by atoms with Crippen LogP contribution in [0.5, 0.6) is 0 Å². The third-order valence-electron chi connectivity index (χ3n) is 4.98. The number of nitrogens with zero attached hydrogens (tertiary/aromatic N) is 3. The molecule has 2 aromatic rings. The van der Waals surface area contributed by atoms with Crippen LogP contribution in [0.25, 0.3) is 11.3 Å². The van der Waals surface area contributed by atoms with Crippen LogP contribution in [0.3, 0.4) is 0 Å². The highest BCUT2D eigenvalue weighted by Crippen LogP contribution is 2.28. The van der Waals surface area contributed by atoms with Gasteiger partial charge in [0.05, 0.1) is 23.7 Å². The molecule has 1 amide bonds. The molecule has 8 heteroatoms. The molecule has 7 nitrogen and oxygen atoms in total. The van der Waals surface area contributed by atoms with Crippen molar-refractivity contribution in [2.24, 2.45) is 5.92 Å². The topological polar surface area (TPSA) is 80.8 Å². The van der Waals surface area contributed by atoms with Crippen molar-refractivity contribution in [3.63, 3.8) is 0 Å². The Kier molecular flexibility index (Phi) is 6.53. The number of benzene rings is 1. The molecule has 1 fully saturated rings. The Bertz CT molecular complexity index is 849. The summed E-state index contributed by atoms with van der Waals surface area (Å²) in [5, 5.41) is 13.3. The van der Waals surface area contributed by atoms with Gasteiger partial charge in [-0.3, -0.25) is 19.8 Å². The van der Waals surface area contributed by atoms with Crippen LogP contribution in [0.15, 0.2) is 42.3 Å². The molecule has 0 spiro atoms. The molecular formula is C20H25N4O3S+. The number of carbonyl (C=O) groups excluding carboxylic acids is 1. The number of nitrogens with one attached hydrogen (secondary N) is 1. The molecule has 148 valence electrons. The molecule has 1 saturated heterocycles. The van der Waals surface area contributed by atoms with Gasteiger partial charge in [0, 0.05) is 35.5 Å². The van der Waals surface area contributed by atoms with E-state index < -0.39 is 4.92 Å². The van der Waals surface area contributed by atoms with Crippen molar-refractivity contribution in [1.29, 1.82) is 0 Å². The number of carbonyl (C=O) groups is 1. The summed E-state index contributed by atoms with van der Waals surface area (Å²) in [4.78, 5) is 30.9. The molecule has 1 N–H and O–H groups in total. The minimum Gasteiger partial charge on any atom is -0.327 e. The Labute approximate surface area is 168 Å². The van der Waals surface area contributed by atoms with Crippen LogP contribution in [-0.2, 0) is 4.79 Å². The maximum Gasteiger partial charge on any atom is 0.284 e. The Morgan fingerprint density at radius 3 is 2.86 bits per heavy atom. The van der Waals surface area contributed by atoms with Crippen LogP contribution in [0.2, 0.25) is 0 Å². The number of hydrogen-bond acceptors (Lipinski definition) is 5. The summed E-state index contributed by atoms with van der Waals surface area (Å²) in [6.07, 6.45) is 4.10. The molecular weight excluding hydrogens is 376 g/mol. The highest BCUT2D eigenvalue weighted by molar-refractivity contribution is 7.14. The molecule has 2 heterocycles. The van der Waals surface area contributed by atoms with E-state index in [0.29, 0.717) is 29.8 Å². The number of amides is 1. The fourth-order valence-corrected chi connectivity index (χ4v) is 4.42. The monoisotopic (exact) mass is 401 g/mol. The fraction of sp³-hybridized carbons (Fsp3) is 0.400. The molecule has 0 saturated carbocycles. The van der Waals surface area contributed by atoms with Gasteiger partial charge in [0.1, 0.15) is 0 Å². The van der Waals surface area contributed by atoms with Gasteiger partial charge in [0.15, 0.2) is 11.7 Å². The number of aromatic nitrogens is 1. The first kappa shape index (κ1) is 20.2. The number of thiazole rings is 1. The van der Waals surface area contributed by atoms with Crippen LogP contribution in [-0.4, -0.2) is 42.0 Å². The van der Waals surface area contributed by atoms with Gasteiger partial charge in [0.25, 0.3) is 11.6 Å². The summed E-state index contributed by atoms with van der Waals surface area (Å²) in [6, 6.07) is 6.27. The summed E-state index contributed by atoms with van der Waals surface area (Å²) >= 11 is 1.40. The summed E-state index contributed by atoms with van der Waals surface area (Å²) in [5.41, 5.74) is 1.53. The Hall–Kier alpha value is -2.58. The molecule has 0 bridgehead atoms. The lowest BCUT2D eigenvalue weighted by Gasteiger charge is -2.29. The van der Waals surface area contributed by atoms with Gasteiger partial charge in [-0.1, -0.05) is 13.0 Å². The highest BCUT2D eigenvalue weighted by atomic mass is 32.1. The van der Waals surface area contributed by atoms with Crippen molar-refractivity contribution < 1.29 is 14.6 Å². The molecule has 0 radical (unpaired) electrons. The van der Waals surface area contributed by atoms with Gasteiger partial charge in [0.2, 0.25) is 0 Å². The van der Waals surface area contributed by atoms with E-state index in [4.69, 9.17) is 0 Å². The van der Waals surface area contributed by atoms with Crippen LogP contribution >= 0.6 is 11.3 Å². The van der Waals surface area contributed by atoms with Crippen molar-refractivity contribution >= 4 is 28.1 Å². The zero-order chi connectivity index (χ0) is 20.1. The Balaban J connectivity index is 1.74. The van der Waals surface area contributed by atoms with Crippen molar-refractivity contribution in [2.45, 2.75) is 19.8 Å². The normalized spacial score (nSPS) is 19.2. The first-order chi connectivity index (χ1) is 13.5. The van der Waals surface area contributed by atoms with E-state index in [9.17, 15) is 14.9 Å². The lowest BCUT2D eigenvalue weighted by Crippen LogP contribution is -3.14. The molecule has 28 heavy (non-hydrogen) atoms. The predicted molar refractivity (Wildman–Crippen MR) is 111 cm³/mol. The van der Waals surface area contributed by atoms with Gasteiger partial charge in [-0.15, -0.1) is 17.9 Å². The third-order valence-corrected chi connectivity index (χ3v) is 5.84. The van der Waals surface area contributed by atoms with E-state index in [1.54, 1.807) is 23.1 Å². The highest BCUT2D eigenvalue weighted by Gasteiger charge is 2.26. The number of rotatable bonds is 7. The van der Waals surface area contributed by atoms with Crippen molar-refractivity contribution in [3.8, 4) is 11.3 Å². The van der Waals surface area contributed by atoms with Crippen molar-refractivity contribution in [3.05, 3.63) is 52.4 Å². The molecule has 1 aliphatic rings. The first-order valence-electron chi connectivity index (χ1n) is 9.43. The van der Waals surface area contributed by atoms with E-state index in [1.165, 1.54) is 34.8 Å². The second-order valence-corrected chi connectivity index (χ2v) is 8.08. The van der Waals surface area contributed by atoms with Crippen LogP contribution in [0.4, 0.5) is 10.8 Å². The third kappa shape index (κ3) is 4.82. The Morgan fingerprint density at radius 1 is 1.46 bits per heavy atom. The molecule has 1 unspecified atom stereocenters. The average molecular weight is 402 g/mol. The van der Waals surface area contributed by atoms with E-state index in [0.717, 1.165) is 25.1 Å². The standard InChI is InChI=1S/C20H24N4O3S/c1-3-10-23(19(25)13-22-11-4-5-15(2)12-22)20-21-18(14-28-20)16-6-8-17(9-7-16)24(26)27/h3,6-9,14-15H,1,4-5,10-13H2,2H3/p+1/t15-/m1/s1. The molecule has 1 aromatic heterocycles. The summed E-state index contributed by atoms with van der Waals surface area (Å²) in [7, 11) is 0. The van der Waals surface area contributed by atoms with Gasteiger partial charge in [-0.2, -0.15) is 0 Å². The first-order valence-corrected chi connectivity index (χ1v) is 10.3. The van der Waals surface area contributed by atoms with Crippen LogP contribution in [0, 0.1) is 16.0 Å². The predicted octanol–water partition coefficient (Wildman–Crippen LogP) is 2.55. The average Bonchev–Trinajstić information content (AvgIpc) is 3.16. The maximum atomic E-state index is 12.9. The zero-order valence-corrected chi connectivity index (χ0v) is 16.8. The Morgan fingerprint density at radius 2 is 2.21 bits per heavy atom. The molecule has 1 aliphatic heterocycles. The molecule has 2 atom stereocenters. The van der Waals surface area contributed by atoms with Crippen molar-refractivity contribution in [2.75, 3.05) is 31.1 Å². The number of hydrogen-bond donors (Lipinski definition) is 1. The number of anilines is 1. The van der Waals surface area contributed by atoms with E-state index in [1.807, 2.05) is 5.38 Å². The van der Waals surface area contributed by atoms with E-state index in [2.05, 4.69) is 18.5 Å². The van der Waals surface area contributed by atoms with E-state index in [-0.39, 0.29) is 11.6 Å². The molecule has 1 aromatic carbocycles. The molecule has 3 rings (SSSR count). The quantitative estimate of drug-likeness (QED) is 0.439. The minimum atomic E-state index is -0.426. The smallest absolute Gasteiger partial charge is 0.284 e. The van der Waals surface area contributed by atoms with Gasteiger partial charge >= 0.3 is 0 Å². The zero-order valence-electron chi connectivity index (χ0n) is 16.0. The van der Waals surface area contributed by atoms with Gasteiger partial charge < -0.3 is 4.90 Å². The lowest BCUT2D eigenvalue weighted by molar-refractivity contribution is -0.900. The lowest BCUT2D eigenvalue weighted by atomic mass is 10.0. The second-order valence-electron chi connectivity index (χ2n) is 7.24. The minimum absolute atomic E-state index is 0.0430. The number of piperidine rings is 1. The fourth-order valence-electron chi connectivity index (χ4n) is 3.56. The summed E-state index contributed by atoms with van der Waals surface area (Å²) in [6.45, 7) is 8.94. The van der Waals surface area contributed by atoms with E-state index >= 15 is 0 Å². The number of quaternary nitrogens is 1. The SMILES string of the molecule is C=CCN(C(=O)C[NH+]1CCC[C@@H](C)C1)c1nc(-c2ccc([N+](=O)[O-])cc2)cs1. The largest absolute Gasteiger partial charge is 0.327 e. The van der Waals surface area contributed by atoms with Crippen LogP contribution < -0.4 is 9.80 Å². The second kappa shape index (κ2) is 9.07. The van der Waals surface area contributed by atoms with Crippen molar-refractivity contribution in [1.82, 2.24) is 4.98 Å². The summed E-state index contributed by atoms with van der Waals surface area (Å²) in [5.74, 6) is 0.701. The van der Waals surface area contributed by atoms with Gasteiger partial charge in [-0.25, -0.2) is 4.98 Å². The maximum absolute atomic E-state index is 12.9. The number of nitro benzene ring substituents is 1.